The molecular formula is C5H9NOS. The normalized spacial score (nSPS) is 20.1. The van der Waals surface area contributed by atoms with Gasteiger partial charge in [0.15, 0.2) is 0 Å². The highest BCUT2D eigenvalue weighted by Crippen LogP contribution is 2.19. The molecule has 0 radical (unpaired) electrons. The Balaban J connectivity index is 2.42. The van der Waals surface area contributed by atoms with Gasteiger partial charge in [0.05, 0.1) is 0 Å². The van der Waals surface area contributed by atoms with Crippen LogP contribution in [0.4, 0.5) is 0 Å². The van der Waals surface area contributed by atoms with Gasteiger partial charge in [-0.3, -0.25) is 9.10 Å². The first-order chi connectivity index (χ1) is 3.84. The Morgan fingerprint density at radius 2 is 2.62 bits per heavy atom. The Kier molecular flexibility index (Phi) is 1.78. The lowest BCUT2D eigenvalue weighted by Crippen LogP contribution is -2.16. The number of nitrogens with zero attached hydrogens (tertiary/aromatic N) is 1. The first kappa shape index (κ1) is 5.95. The second kappa shape index (κ2) is 2.40. The van der Waals surface area contributed by atoms with Crippen molar-refractivity contribution >= 4 is 17.9 Å². The third-order valence-corrected chi connectivity index (χ3v) is 2.29. The largest absolute Gasteiger partial charge is 0.287 e. The van der Waals surface area contributed by atoms with Crippen molar-refractivity contribution in [1.29, 1.82) is 0 Å². The molecule has 0 atom stereocenters. The number of hydrogen-bond acceptors (Lipinski definition) is 2. The van der Waals surface area contributed by atoms with E-state index in [4.69, 9.17) is 0 Å². The molecule has 0 aromatic rings. The van der Waals surface area contributed by atoms with Gasteiger partial charge >= 0.3 is 0 Å². The molecular weight excluding hydrogens is 122 g/mol. The minimum atomic E-state index is 0.289. The van der Waals surface area contributed by atoms with Crippen LogP contribution in [0.1, 0.15) is 13.3 Å². The minimum Gasteiger partial charge on any atom is -0.287 e. The molecule has 1 heterocycles. The average molecular weight is 131 g/mol. The molecule has 1 saturated heterocycles. The SMILES string of the molecule is CCN1SCCC1=O. The van der Waals surface area contributed by atoms with Gasteiger partial charge in [0.2, 0.25) is 5.91 Å². The summed E-state index contributed by atoms with van der Waals surface area (Å²) in [5.41, 5.74) is 0. The molecule has 1 fully saturated rings. The molecule has 2 nitrogen and oxygen atoms in total. The molecule has 3 heteroatoms. The van der Waals surface area contributed by atoms with Crippen molar-refractivity contribution in [3.8, 4) is 0 Å². The van der Waals surface area contributed by atoms with Gasteiger partial charge in [-0.25, -0.2) is 0 Å². The average Bonchev–Trinajstić information content (AvgIpc) is 2.14. The standard InChI is InChI=1S/C5H9NOS/c1-2-6-5(7)3-4-8-6/h2-4H2,1H3. The topological polar surface area (TPSA) is 20.3 Å². The molecule has 0 saturated carbocycles. The van der Waals surface area contributed by atoms with E-state index in [9.17, 15) is 4.79 Å². The summed E-state index contributed by atoms with van der Waals surface area (Å²) in [7, 11) is 0. The number of hydrogen-bond donors (Lipinski definition) is 0. The van der Waals surface area contributed by atoms with Crippen molar-refractivity contribution in [1.82, 2.24) is 4.31 Å². The summed E-state index contributed by atoms with van der Waals surface area (Å²) in [6, 6.07) is 0. The first-order valence-electron chi connectivity index (χ1n) is 2.78. The van der Waals surface area contributed by atoms with Crippen molar-refractivity contribution in [3.05, 3.63) is 0 Å². The zero-order valence-corrected chi connectivity index (χ0v) is 5.70. The molecule has 1 rings (SSSR count). The summed E-state index contributed by atoms with van der Waals surface area (Å²) < 4.78 is 1.81. The molecule has 46 valence electrons. The van der Waals surface area contributed by atoms with Gasteiger partial charge < -0.3 is 0 Å². The monoisotopic (exact) mass is 131 g/mol. The molecule has 8 heavy (non-hydrogen) atoms. The van der Waals surface area contributed by atoms with Crippen molar-refractivity contribution in [3.63, 3.8) is 0 Å². The third-order valence-electron chi connectivity index (χ3n) is 1.13. The van der Waals surface area contributed by atoms with Crippen molar-refractivity contribution in [2.75, 3.05) is 12.3 Å². The molecule has 0 aliphatic carbocycles. The van der Waals surface area contributed by atoms with Gasteiger partial charge in [-0.15, -0.1) is 0 Å². The number of carbonyl (C=O) groups is 1. The van der Waals surface area contributed by atoms with Crippen LogP contribution < -0.4 is 0 Å². The fourth-order valence-electron chi connectivity index (χ4n) is 0.707. The van der Waals surface area contributed by atoms with Crippen molar-refractivity contribution < 1.29 is 4.79 Å². The zero-order valence-electron chi connectivity index (χ0n) is 4.89. The molecule has 0 N–H and O–H groups in total. The highest BCUT2D eigenvalue weighted by atomic mass is 32.2. The Morgan fingerprint density at radius 3 is 2.88 bits per heavy atom. The molecule has 1 aliphatic rings. The summed E-state index contributed by atoms with van der Waals surface area (Å²) in [4.78, 5) is 10.7. The van der Waals surface area contributed by atoms with Crippen LogP contribution in [0.2, 0.25) is 0 Å². The fraction of sp³-hybridized carbons (Fsp3) is 0.800. The van der Waals surface area contributed by atoms with Crippen LogP contribution >= 0.6 is 11.9 Å². The van der Waals surface area contributed by atoms with E-state index in [0.717, 1.165) is 18.7 Å². The highest BCUT2D eigenvalue weighted by Gasteiger charge is 2.18. The lowest BCUT2D eigenvalue weighted by Gasteiger charge is -2.08. The summed E-state index contributed by atoms with van der Waals surface area (Å²) in [5, 5.41) is 0. The van der Waals surface area contributed by atoms with Crippen molar-refractivity contribution in [2.24, 2.45) is 0 Å². The van der Waals surface area contributed by atoms with Gasteiger partial charge in [-0.2, -0.15) is 0 Å². The number of rotatable bonds is 1. The first-order valence-corrected chi connectivity index (χ1v) is 3.72. The predicted molar refractivity (Wildman–Crippen MR) is 34.5 cm³/mol. The van der Waals surface area contributed by atoms with E-state index in [1.54, 1.807) is 16.3 Å². The van der Waals surface area contributed by atoms with Gasteiger partial charge in [0.25, 0.3) is 0 Å². The van der Waals surface area contributed by atoms with Crippen LogP contribution in [0, 0.1) is 0 Å². The van der Waals surface area contributed by atoms with E-state index in [0.29, 0.717) is 0 Å². The molecule has 0 aromatic heterocycles. The van der Waals surface area contributed by atoms with Gasteiger partial charge in [-0.1, -0.05) is 0 Å². The maximum Gasteiger partial charge on any atom is 0.233 e. The Hall–Kier alpha value is -0.180. The molecule has 0 unspecified atom stereocenters. The summed E-state index contributed by atoms with van der Waals surface area (Å²) in [6.07, 6.45) is 0.735. The summed E-state index contributed by atoms with van der Waals surface area (Å²) in [5.74, 6) is 1.27. The second-order valence-electron chi connectivity index (χ2n) is 1.67. The van der Waals surface area contributed by atoms with Crippen LogP contribution in [0.3, 0.4) is 0 Å². The predicted octanol–water partition coefficient (Wildman–Crippen LogP) is 0.887. The van der Waals surface area contributed by atoms with E-state index in [1.807, 2.05) is 6.92 Å². The molecule has 0 aromatic carbocycles. The summed E-state index contributed by atoms with van der Waals surface area (Å²) >= 11 is 1.63. The molecule has 1 aliphatic heterocycles. The molecule has 0 bridgehead atoms. The maximum absolute atomic E-state index is 10.7. The van der Waals surface area contributed by atoms with Gasteiger partial charge in [0, 0.05) is 18.7 Å². The molecule has 1 amide bonds. The van der Waals surface area contributed by atoms with E-state index in [-0.39, 0.29) is 5.91 Å². The zero-order chi connectivity index (χ0) is 5.98. The minimum absolute atomic E-state index is 0.289. The lowest BCUT2D eigenvalue weighted by molar-refractivity contribution is -0.124. The number of amides is 1. The summed E-state index contributed by atoms with van der Waals surface area (Å²) in [6.45, 7) is 2.85. The van der Waals surface area contributed by atoms with E-state index < -0.39 is 0 Å². The Labute approximate surface area is 53.4 Å². The van der Waals surface area contributed by atoms with Crippen molar-refractivity contribution in [2.45, 2.75) is 13.3 Å². The maximum atomic E-state index is 10.7. The Bertz CT molecular complexity index is 105. The van der Waals surface area contributed by atoms with E-state index in [2.05, 4.69) is 0 Å². The second-order valence-corrected chi connectivity index (χ2v) is 2.78. The van der Waals surface area contributed by atoms with Gasteiger partial charge in [0.1, 0.15) is 0 Å². The van der Waals surface area contributed by atoms with E-state index >= 15 is 0 Å². The van der Waals surface area contributed by atoms with Crippen LogP contribution in [0.15, 0.2) is 0 Å². The number of carbonyl (C=O) groups excluding carboxylic acids is 1. The van der Waals surface area contributed by atoms with Crippen LogP contribution in [0.5, 0.6) is 0 Å². The molecule has 0 spiro atoms. The van der Waals surface area contributed by atoms with Crippen LogP contribution in [-0.2, 0) is 4.79 Å². The van der Waals surface area contributed by atoms with Crippen LogP contribution in [0.25, 0.3) is 0 Å². The lowest BCUT2D eigenvalue weighted by atomic mass is 10.4. The van der Waals surface area contributed by atoms with Crippen LogP contribution in [-0.4, -0.2) is 22.5 Å². The Morgan fingerprint density at radius 1 is 1.88 bits per heavy atom. The van der Waals surface area contributed by atoms with Gasteiger partial charge in [-0.05, 0) is 18.9 Å². The van der Waals surface area contributed by atoms with E-state index in [1.165, 1.54) is 0 Å². The smallest absolute Gasteiger partial charge is 0.233 e. The third kappa shape index (κ3) is 0.968. The quantitative estimate of drug-likeness (QED) is 0.492. The highest BCUT2D eigenvalue weighted by molar-refractivity contribution is 7.97. The fourth-order valence-corrected chi connectivity index (χ4v) is 1.61.